The lowest BCUT2D eigenvalue weighted by Crippen LogP contribution is -2.26. The number of nitrogens with one attached hydrogen (secondary N) is 1. The zero-order valence-corrected chi connectivity index (χ0v) is 12.4. The van der Waals surface area contributed by atoms with Crippen molar-refractivity contribution in [3.8, 4) is 0 Å². The summed E-state index contributed by atoms with van der Waals surface area (Å²) in [7, 11) is 1.85. The smallest absolute Gasteiger partial charge is 0.280 e. The molecule has 1 amide bonds. The van der Waals surface area contributed by atoms with Crippen LogP contribution in [-0.4, -0.2) is 20.7 Å². The second-order valence-electron chi connectivity index (χ2n) is 4.87. The highest BCUT2D eigenvalue weighted by Crippen LogP contribution is 2.18. The molecule has 2 aromatic rings. The molecule has 0 aliphatic heterocycles. The van der Waals surface area contributed by atoms with Crippen molar-refractivity contribution in [1.82, 2.24) is 20.1 Å². The molecule has 6 heteroatoms. The van der Waals surface area contributed by atoms with E-state index < -0.39 is 0 Å². The summed E-state index contributed by atoms with van der Waals surface area (Å²) >= 11 is 1.38. The van der Waals surface area contributed by atoms with Crippen molar-refractivity contribution in [3.05, 3.63) is 34.0 Å². The molecule has 102 valence electrons. The number of carbonyl (C=O) groups excluding carboxylic acids is 1. The van der Waals surface area contributed by atoms with Crippen molar-refractivity contribution in [3.63, 3.8) is 0 Å². The molecule has 0 aliphatic carbocycles. The van der Waals surface area contributed by atoms with Crippen LogP contribution >= 0.6 is 11.3 Å². The molecule has 2 rings (SSSR count). The number of hydrogen-bond acceptors (Lipinski definition) is 4. The number of rotatable bonds is 4. The molecule has 0 spiro atoms. The van der Waals surface area contributed by atoms with Gasteiger partial charge in [-0.25, -0.2) is 4.98 Å². The van der Waals surface area contributed by atoms with Crippen molar-refractivity contribution in [1.29, 1.82) is 0 Å². The van der Waals surface area contributed by atoms with E-state index >= 15 is 0 Å². The standard InChI is InChI=1S/C13H18N4OS/c1-8(2)11-7-19-13(16-11)12(18)15-9(3)10-5-14-17(4)6-10/h5-9H,1-4H3,(H,15,18)/t9-/m1/s1. The lowest BCUT2D eigenvalue weighted by atomic mass is 10.2. The molecule has 0 aliphatic rings. The first kappa shape index (κ1) is 13.7. The van der Waals surface area contributed by atoms with Gasteiger partial charge in [-0.1, -0.05) is 13.8 Å². The number of hydrogen-bond donors (Lipinski definition) is 1. The Morgan fingerprint density at radius 2 is 2.16 bits per heavy atom. The number of aromatic nitrogens is 3. The minimum Gasteiger partial charge on any atom is -0.343 e. The molecular weight excluding hydrogens is 260 g/mol. The van der Waals surface area contributed by atoms with Gasteiger partial charge >= 0.3 is 0 Å². The molecule has 0 bridgehead atoms. The van der Waals surface area contributed by atoms with Gasteiger partial charge in [-0.3, -0.25) is 9.48 Å². The summed E-state index contributed by atoms with van der Waals surface area (Å²) in [6.45, 7) is 6.07. The Labute approximate surface area is 116 Å². The largest absolute Gasteiger partial charge is 0.343 e. The normalized spacial score (nSPS) is 12.7. The lowest BCUT2D eigenvalue weighted by Gasteiger charge is -2.10. The predicted molar refractivity (Wildman–Crippen MR) is 75.3 cm³/mol. The molecule has 2 aromatic heterocycles. The fraction of sp³-hybridized carbons (Fsp3) is 0.462. The Balaban J connectivity index is 2.04. The molecule has 2 heterocycles. The van der Waals surface area contributed by atoms with E-state index in [-0.39, 0.29) is 11.9 Å². The minimum atomic E-state index is -0.131. The Kier molecular flexibility index (Phi) is 3.99. The van der Waals surface area contributed by atoms with Crippen molar-refractivity contribution < 1.29 is 4.79 Å². The monoisotopic (exact) mass is 278 g/mol. The molecule has 19 heavy (non-hydrogen) atoms. The maximum absolute atomic E-state index is 12.1. The van der Waals surface area contributed by atoms with Gasteiger partial charge in [0.15, 0.2) is 5.01 Å². The number of amides is 1. The predicted octanol–water partition coefficient (Wildman–Crippen LogP) is 2.49. The molecule has 0 aromatic carbocycles. The maximum Gasteiger partial charge on any atom is 0.280 e. The third-order valence-corrected chi connectivity index (χ3v) is 3.74. The van der Waals surface area contributed by atoms with Gasteiger partial charge in [0.05, 0.1) is 17.9 Å². The second-order valence-corrected chi connectivity index (χ2v) is 5.73. The van der Waals surface area contributed by atoms with Crippen LogP contribution in [0.3, 0.4) is 0 Å². The molecule has 0 unspecified atom stereocenters. The van der Waals surface area contributed by atoms with Gasteiger partial charge in [-0.15, -0.1) is 11.3 Å². The van der Waals surface area contributed by atoms with Crippen molar-refractivity contribution in [2.75, 3.05) is 0 Å². The zero-order valence-electron chi connectivity index (χ0n) is 11.5. The average Bonchev–Trinajstić information content (AvgIpc) is 2.96. The van der Waals surface area contributed by atoms with Crippen LogP contribution in [0.1, 0.15) is 53.8 Å². The van der Waals surface area contributed by atoms with E-state index in [1.165, 1.54) is 11.3 Å². The van der Waals surface area contributed by atoms with E-state index in [9.17, 15) is 4.79 Å². The van der Waals surface area contributed by atoms with Crippen LogP contribution < -0.4 is 5.32 Å². The highest BCUT2D eigenvalue weighted by Gasteiger charge is 2.16. The number of aryl methyl sites for hydroxylation is 1. The van der Waals surface area contributed by atoms with E-state index in [1.54, 1.807) is 10.9 Å². The molecule has 5 nitrogen and oxygen atoms in total. The van der Waals surface area contributed by atoms with E-state index in [4.69, 9.17) is 0 Å². The topological polar surface area (TPSA) is 59.8 Å². The van der Waals surface area contributed by atoms with E-state index in [2.05, 4.69) is 29.2 Å². The summed E-state index contributed by atoms with van der Waals surface area (Å²) in [6, 6.07) is -0.0763. The van der Waals surface area contributed by atoms with Gasteiger partial charge in [-0.05, 0) is 12.8 Å². The van der Waals surface area contributed by atoms with Crippen LogP contribution in [0.4, 0.5) is 0 Å². The highest BCUT2D eigenvalue weighted by molar-refractivity contribution is 7.11. The van der Waals surface area contributed by atoms with Crippen LogP contribution in [0.2, 0.25) is 0 Å². The Hall–Kier alpha value is -1.69. The second kappa shape index (κ2) is 5.52. The van der Waals surface area contributed by atoms with Crippen LogP contribution in [0, 0.1) is 0 Å². The fourth-order valence-corrected chi connectivity index (χ4v) is 2.54. The molecule has 0 radical (unpaired) electrons. The van der Waals surface area contributed by atoms with Gasteiger partial charge in [0.2, 0.25) is 0 Å². The minimum absolute atomic E-state index is 0.0763. The first-order valence-electron chi connectivity index (χ1n) is 6.22. The molecular formula is C13H18N4OS. The molecule has 0 fully saturated rings. The molecule has 1 atom stereocenters. The van der Waals surface area contributed by atoms with Gasteiger partial charge in [-0.2, -0.15) is 5.10 Å². The van der Waals surface area contributed by atoms with E-state index in [1.807, 2.05) is 25.5 Å². The summed E-state index contributed by atoms with van der Waals surface area (Å²) < 4.78 is 1.72. The average molecular weight is 278 g/mol. The summed E-state index contributed by atoms with van der Waals surface area (Å²) in [5.41, 5.74) is 1.95. The molecule has 0 saturated heterocycles. The number of carbonyl (C=O) groups is 1. The van der Waals surface area contributed by atoms with Crippen molar-refractivity contribution >= 4 is 17.2 Å². The zero-order chi connectivity index (χ0) is 14.0. The quantitative estimate of drug-likeness (QED) is 0.934. The summed E-state index contributed by atoms with van der Waals surface area (Å²) in [4.78, 5) is 16.4. The number of thiazole rings is 1. The Morgan fingerprint density at radius 3 is 2.68 bits per heavy atom. The summed E-state index contributed by atoms with van der Waals surface area (Å²) in [5, 5.41) is 9.48. The van der Waals surface area contributed by atoms with Crippen molar-refractivity contribution in [2.24, 2.45) is 7.05 Å². The van der Waals surface area contributed by atoms with Gasteiger partial charge in [0, 0.05) is 24.2 Å². The first-order chi connectivity index (χ1) is 8.97. The SMILES string of the molecule is CC(C)c1csc(C(=O)N[C@H](C)c2cnn(C)c2)n1. The number of nitrogens with zero attached hydrogens (tertiary/aromatic N) is 3. The molecule has 1 N–H and O–H groups in total. The summed E-state index contributed by atoms with van der Waals surface area (Å²) in [6.07, 6.45) is 3.65. The van der Waals surface area contributed by atoms with E-state index in [0.717, 1.165) is 11.3 Å². The Morgan fingerprint density at radius 1 is 1.42 bits per heavy atom. The lowest BCUT2D eigenvalue weighted by molar-refractivity contribution is 0.0939. The van der Waals surface area contributed by atoms with Crippen LogP contribution in [0.25, 0.3) is 0 Å². The maximum atomic E-state index is 12.1. The van der Waals surface area contributed by atoms with Crippen molar-refractivity contribution in [2.45, 2.75) is 32.7 Å². The van der Waals surface area contributed by atoms with Crippen LogP contribution in [0.5, 0.6) is 0 Å². The van der Waals surface area contributed by atoms with Crippen LogP contribution in [0.15, 0.2) is 17.8 Å². The van der Waals surface area contributed by atoms with Gasteiger partial charge in [0.25, 0.3) is 5.91 Å². The fourth-order valence-electron chi connectivity index (χ4n) is 1.66. The Bertz CT molecular complexity index is 573. The third kappa shape index (κ3) is 3.20. The highest BCUT2D eigenvalue weighted by atomic mass is 32.1. The van der Waals surface area contributed by atoms with Crippen LogP contribution in [-0.2, 0) is 7.05 Å². The third-order valence-electron chi connectivity index (χ3n) is 2.88. The summed E-state index contributed by atoms with van der Waals surface area (Å²) in [5.74, 6) is 0.210. The van der Waals surface area contributed by atoms with E-state index in [0.29, 0.717) is 10.9 Å². The first-order valence-corrected chi connectivity index (χ1v) is 7.10. The van der Waals surface area contributed by atoms with Gasteiger partial charge in [0.1, 0.15) is 0 Å². The molecule has 0 saturated carbocycles. The van der Waals surface area contributed by atoms with Gasteiger partial charge < -0.3 is 5.32 Å².